The molecule has 1 rings (SSSR count). The molecule has 3 nitrogen and oxygen atoms in total. The van der Waals surface area contributed by atoms with E-state index in [0.29, 0.717) is 0 Å². The topological polar surface area (TPSA) is 46.3 Å². The molecule has 0 aromatic carbocycles. The summed E-state index contributed by atoms with van der Waals surface area (Å²) in [7, 11) is 0. The minimum Gasteiger partial charge on any atom is -0.445 e. The Balaban J connectivity index is 2.29. The first-order valence-electron chi connectivity index (χ1n) is 4.35. The summed E-state index contributed by atoms with van der Waals surface area (Å²) in [5.74, 6) is 3.45. The standard InChI is InChI=1S/C9H15NO2S/c1-7-8(2)12-9(10-7)6-13-5-3-4-11/h11H,3-6H2,1-2H3. The van der Waals surface area contributed by atoms with E-state index in [9.17, 15) is 0 Å². The highest BCUT2D eigenvalue weighted by molar-refractivity contribution is 7.98. The lowest BCUT2D eigenvalue weighted by atomic mass is 10.4. The fourth-order valence-corrected chi connectivity index (χ4v) is 1.70. The molecular weight excluding hydrogens is 186 g/mol. The Morgan fingerprint density at radius 1 is 1.46 bits per heavy atom. The number of nitrogens with zero attached hydrogens (tertiary/aromatic N) is 1. The van der Waals surface area contributed by atoms with Gasteiger partial charge < -0.3 is 9.52 Å². The van der Waals surface area contributed by atoms with Crippen LogP contribution in [0.1, 0.15) is 23.8 Å². The Hall–Kier alpha value is -0.480. The Bertz CT molecular complexity index is 241. The highest BCUT2D eigenvalue weighted by Gasteiger charge is 2.04. The van der Waals surface area contributed by atoms with E-state index in [-0.39, 0.29) is 6.61 Å². The Labute approximate surface area is 82.6 Å². The molecule has 0 radical (unpaired) electrons. The molecule has 1 aromatic rings. The number of aliphatic hydroxyl groups is 1. The number of rotatable bonds is 5. The molecule has 4 heteroatoms. The van der Waals surface area contributed by atoms with Crippen molar-refractivity contribution in [1.29, 1.82) is 0 Å². The maximum Gasteiger partial charge on any atom is 0.204 e. The second-order valence-corrected chi connectivity index (χ2v) is 3.98. The van der Waals surface area contributed by atoms with E-state index in [1.807, 2.05) is 13.8 Å². The largest absolute Gasteiger partial charge is 0.445 e. The average Bonchev–Trinajstić information content (AvgIpc) is 2.41. The lowest BCUT2D eigenvalue weighted by Gasteiger charge is -1.94. The first-order chi connectivity index (χ1) is 6.24. The lowest BCUT2D eigenvalue weighted by Crippen LogP contribution is -1.87. The van der Waals surface area contributed by atoms with Gasteiger partial charge in [0.1, 0.15) is 5.76 Å². The molecule has 0 amide bonds. The molecule has 1 N–H and O–H groups in total. The number of thioether (sulfide) groups is 1. The number of oxazole rings is 1. The lowest BCUT2D eigenvalue weighted by molar-refractivity contribution is 0.296. The van der Waals surface area contributed by atoms with Gasteiger partial charge in [0.05, 0.1) is 11.4 Å². The number of aryl methyl sites for hydroxylation is 2. The number of aliphatic hydroxyl groups excluding tert-OH is 1. The van der Waals surface area contributed by atoms with Crippen LogP contribution in [0.5, 0.6) is 0 Å². The quantitative estimate of drug-likeness (QED) is 0.739. The highest BCUT2D eigenvalue weighted by Crippen LogP contribution is 2.15. The van der Waals surface area contributed by atoms with E-state index >= 15 is 0 Å². The van der Waals surface area contributed by atoms with Gasteiger partial charge in [0.25, 0.3) is 0 Å². The normalized spacial score (nSPS) is 10.7. The van der Waals surface area contributed by atoms with Gasteiger partial charge in [-0.3, -0.25) is 0 Å². The Morgan fingerprint density at radius 3 is 2.77 bits per heavy atom. The van der Waals surface area contributed by atoms with Crippen molar-refractivity contribution < 1.29 is 9.52 Å². The molecule has 0 saturated carbocycles. The van der Waals surface area contributed by atoms with Crippen molar-refractivity contribution in [2.24, 2.45) is 0 Å². The molecule has 13 heavy (non-hydrogen) atoms. The molecule has 0 spiro atoms. The molecule has 0 aliphatic heterocycles. The zero-order chi connectivity index (χ0) is 9.68. The van der Waals surface area contributed by atoms with Crippen molar-refractivity contribution in [3.63, 3.8) is 0 Å². The summed E-state index contributed by atoms with van der Waals surface area (Å²) < 4.78 is 5.40. The molecule has 1 heterocycles. The van der Waals surface area contributed by atoms with Crippen LogP contribution in [-0.4, -0.2) is 22.5 Å². The molecule has 0 aliphatic rings. The van der Waals surface area contributed by atoms with Crippen molar-refractivity contribution >= 4 is 11.8 Å². The third kappa shape index (κ3) is 3.40. The molecule has 0 bridgehead atoms. The summed E-state index contributed by atoms with van der Waals surface area (Å²) in [5.41, 5.74) is 0.970. The van der Waals surface area contributed by atoms with Crippen molar-refractivity contribution in [3.8, 4) is 0 Å². The van der Waals surface area contributed by atoms with Gasteiger partial charge in [-0.25, -0.2) is 4.98 Å². The van der Waals surface area contributed by atoms with Gasteiger partial charge in [0, 0.05) is 6.61 Å². The summed E-state index contributed by atoms with van der Waals surface area (Å²) >= 11 is 1.74. The molecule has 1 aromatic heterocycles. The van der Waals surface area contributed by atoms with Gasteiger partial charge in [0.2, 0.25) is 5.89 Å². The fourth-order valence-electron chi connectivity index (χ4n) is 0.927. The molecule has 0 atom stereocenters. The smallest absolute Gasteiger partial charge is 0.204 e. The molecule has 0 unspecified atom stereocenters. The maximum absolute atomic E-state index is 8.56. The minimum atomic E-state index is 0.261. The first-order valence-corrected chi connectivity index (χ1v) is 5.51. The third-order valence-corrected chi connectivity index (χ3v) is 2.77. The summed E-state index contributed by atoms with van der Waals surface area (Å²) in [4.78, 5) is 4.26. The second kappa shape index (κ2) is 5.29. The molecule has 74 valence electrons. The molecular formula is C9H15NO2S. The summed E-state index contributed by atoms with van der Waals surface area (Å²) in [5, 5.41) is 8.56. The summed E-state index contributed by atoms with van der Waals surface area (Å²) in [6.07, 6.45) is 0.837. The minimum absolute atomic E-state index is 0.261. The number of hydrogen-bond acceptors (Lipinski definition) is 4. The van der Waals surface area contributed by atoms with Crippen molar-refractivity contribution in [2.75, 3.05) is 12.4 Å². The predicted molar refractivity (Wildman–Crippen MR) is 53.8 cm³/mol. The second-order valence-electron chi connectivity index (χ2n) is 2.88. The van der Waals surface area contributed by atoms with Gasteiger partial charge >= 0.3 is 0 Å². The van der Waals surface area contributed by atoms with E-state index in [1.165, 1.54) is 0 Å². The van der Waals surface area contributed by atoms with Crippen LogP contribution < -0.4 is 0 Å². The van der Waals surface area contributed by atoms with Crippen molar-refractivity contribution in [1.82, 2.24) is 4.98 Å². The fraction of sp³-hybridized carbons (Fsp3) is 0.667. The van der Waals surface area contributed by atoms with Crippen molar-refractivity contribution in [3.05, 3.63) is 17.3 Å². The number of aromatic nitrogens is 1. The van der Waals surface area contributed by atoms with Crippen LogP contribution in [0.15, 0.2) is 4.42 Å². The third-order valence-electron chi connectivity index (χ3n) is 1.75. The van der Waals surface area contributed by atoms with E-state index in [2.05, 4.69) is 4.98 Å². The summed E-state index contributed by atoms with van der Waals surface area (Å²) in [6, 6.07) is 0. The van der Waals surface area contributed by atoms with Crippen LogP contribution in [0.2, 0.25) is 0 Å². The van der Waals surface area contributed by atoms with Crippen LogP contribution in [-0.2, 0) is 5.75 Å². The van der Waals surface area contributed by atoms with Crippen LogP contribution in [0.25, 0.3) is 0 Å². The summed E-state index contributed by atoms with van der Waals surface area (Å²) in [6.45, 7) is 4.13. The van der Waals surface area contributed by atoms with Gasteiger partial charge in [0.15, 0.2) is 0 Å². The van der Waals surface area contributed by atoms with E-state index in [0.717, 1.165) is 35.3 Å². The van der Waals surface area contributed by atoms with Crippen molar-refractivity contribution in [2.45, 2.75) is 26.0 Å². The van der Waals surface area contributed by atoms with Crippen LogP contribution >= 0.6 is 11.8 Å². The SMILES string of the molecule is Cc1nc(CSCCCO)oc1C. The predicted octanol–water partition coefficient (Wildman–Crippen LogP) is 1.91. The van der Waals surface area contributed by atoms with Crippen LogP contribution in [0.3, 0.4) is 0 Å². The number of hydrogen-bond donors (Lipinski definition) is 1. The molecule has 0 saturated heterocycles. The monoisotopic (exact) mass is 201 g/mol. The zero-order valence-corrected chi connectivity index (χ0v) is 8.86. The van der Waals surface area contributed by atoms with Gasteiger partial charge in [-0.1, -0.05) is 0 Å². The molecule has 0 aliphatic carbocycles. The Kier molecular flexibility index (Phi) is 4.32. The first kappa shape index (κ1) is 10.6. The van der Waals surface area contributed by atoms with Gasteiger partial charge in [-0.05, 0) is 26.0 Å². The van der Waals surface area contributed by atoms with E-state index in [4.69, 9.17) is 9.52 Å². The maximum atomic E-state index is 8.56. The highest BCUT2D eigenvalue weighted by atomic mass is 32.2. The van der Waals surface area contributed by atoms with Crippen LogP contribution in [0, 0.1) is 13.8 Å². The average molecular weight is 201 g/mol. The van der Waals surface area contributed by atoms with E-state index in [1.54, 1.807) is 11.8 Å². The van der Waals surface area contributed by atoms with Gasteiger partial charge in [-0.2, -0.15) is 11.8 Å². The van der Waals surface area contributed by atoms with Gasteiger partial charge in [-0.15, -0.1) is 0 Å². The zero-order valence-electron chi connectivity index (χ0n) is 8.04. The molecule has 0 fully saturated rings. The Morgan fingerprint density at radius 2 is 2.23 bits per heavy atom. The van der Waals surface area contributed by atoms with Crippen LogP contribution in [0.4, 0.5) is 0 Å². The van der Waals surface area contributed by atoms with E-state index < -0.39 is 0 Å².